The predicted octanol–water partition coefficient (Wildman–Crippen LogP) is 1.53. The van der Waals surface area contributed by atoms with Crippen LogP contribution in [0, 0.1) is 12.3 Å². The molecule has 0 aromatic carbocycles. The van der Waals surface area contributed by atoms with Crippen molar-refractivity contribution in [3.63, 3.8) is 0 Å². The summed E-state index contributed by atoms with van der Waals surface area (Å²) in [6.07, 6.45) is 3.74. The number of ether oxygens (including phenoxy) is 2. The zero-order chi connectivity index (χ0) is 16.6. The summed E-state index contributed by atoms with van der Waals surface area (Å²) in [4.78, 5) is 7.08. The maximum atomic E-state index is 5.78. The molecule has 0 amide bonds. The predicted molar refractivity (Wildman–Crippen MR) is 94.5 cm³/mol. The molecule has 6 heteroatoms. The van der Waals surface area contributed by atoms with Gasteiger partial charge in [0.1, 0.15) is 5.82 Å². The molecule has 3 fully saturated rings. The summed E-state index contributed by atoms with van der Waals surface area (Å²) in [6.45, 7) is 7.03. The SMILES string of the molecule is Cc1nc(N2CCOCC2)ccc1NC1CC2(COC(CN)C2)C1. The van der Waals surface area contributed by atoms with Gasteiger partial charge in [0.15, 0.2) is 0 Å². The summed E-state index contributed by atoms with van der Waals surface area (Å²) < 4.78 is 11.2. The van der Waals surface area contributed by atoms with Gasteiger partial charge in [0, 0.05) is 31.1 Å². The maximum Gasteiger partial charge on any atom is 0.129 e. The molecular weight excluding hydrogens is 304 g/mol. The largest absolute Gasteiger partial charge is 0.381 e. The van der Waals surface area contributed by atoms with E-state index < -0.39 is 0 Å². The van der Waals surface area contributed by atoms with Crippen molar-refractivity contribution in [2.24, 2.45) is 11.1 Å². The molecule has 1 atom stereocenters. The third-order valence-electron chi connectivity index (χ3n) is 5.67. The Morgan fingerprint density at radius 1 is 1.29 bits per heavy atom. The Labute approximate surface area is 143 Å². The normalized spacial score (nSPS) is 32.8. The molecule has 4 rings (SSSR count). The Bertz CT molecular complexity index is 582. The molecule has 0 radical (unpaired) electrons. The first-order chi connectivity index (χ1) is 11.7. The minimum absolute atomic E-state index is 0.266. The number of anilines is 2. The zero-order valence-electron chi connectivity index (χ0n) is 14.5. The van der Waals surface area contributed by atoms with Crippen molar-refractivity contribution in [3.8, 4) is 0 Å². The van der Waals surface area contributed by atoms with E-state index in [0.29, 0.717) is 18.0 Å². The van der Waals surface area contributed by atoms with E-state index in [-0.39, 0.29) is 6.10 Å². The Balaban J connectivity index is 1.34. The van der Waals surface area contributed by atoms with Crippen LogP contribution in [0.1, 0.15) is 25.0 Å². The lowest BCUT2D eigenvalue weighted by molar-refractivity contribution is 0.0646. The second kappa shape index (κ2) is 6.50. The highest BCUT2D eigenvalue weighted by Gasteiger charge is 2.49. The second-order valence-electron chi connectivity index (χ2n) is 7.52. The van der Waals surface area contributed by atoms with Gasteiger partial charge in [0.25, 0.3) is 0 Å². The molecule has 1 aromatic rings. The summed E-state index contributed by atoms with van der Waals surface area (Å²) in [6, 6.07) is 4.82. The minimum Gasteiger partial charge on any atom is -0.381 e. The molecule has 24 heavy (non-hydrogen) atoms. The summed E-state index contributed by atoms with van der Waals surface area (Å²) in [5.41, 5.74) is 8.32. The van der Waals surface area contributed by atoms with Gasteiger partial charge in [-0.2, -0.15) is 0 Å². The fourth-order valence-corrected chi connectivity index (χ4v) is 4.31. The van der Waals surface area contributed by atoms with Gasteiger partial charge in [-0.15, -0.1) is 0 Å². The van der Waals surface area contributed by atoms with Gasteiger partial charge in [0.05, 0.1) is 37.3 Å². The Morgan fingerprint density at radius 2 is 2.08 bits per heavy atom. The van der Waals surface area contributed by atoms with Crippen molar-refractivity contribution < 1.29 is 9.47 Å². The first kappa shape index (κ1) is 16.1. The molecule has 6 nitrogen and oxygen atoms in total. The molecule has 132 valence electrons. The standard InChI is InChI=1S/C18H28N4O2/c1-13-16(2-3-17(20-13)22-4-6-23-7-5-22)21-14-8-18(9-14)10-15(11-19)24-12-18/h2-3,14-15,21H,4-12,19H2,1H3. The Kier molecular flexibility index (Phi) is 4.37. The molecule has 1 saturated carbocycles. The number of nitrogens with zero attached hydrogens (tertiary/aromatic N) is 2. The van der Waals surface area contributed by atoms with Gasteiger partial charge in [0.2, 0.25) is 0 Å². The third kappa shape index (κ3) is 3.10. The van der Waals surface area contributed by atoms with Crippen LogP contribution in [-0.4, -0.2) is 56.6 Å². The van der Waals surface area contributed by atoms with E-state index in [1.54, 1.807) is 0 Å². The number of morpholine rings is 1. The molecule has 3 aliphatic rings. The van der Waals surface area contributed by atoms with Gasteiger partial charge in [-0.05, 0) is 38.3 Å². The lowest BCUT2D eigenvalue weighted by Gasteiger charge is -2.45. The Hall–Kier alpha value is -1.37. The number of nitrogens with one attached hydrogen (secondary N) is 1. The van der Waals surface area contributed by atoms with Crippen LogP contribution in [0.15, 0.2) is 12.1 Å². The molecule has 3 heterocycles. The topological polar surface area (TPSA) is 72.6 Å². The highest BCUT2D eigenvalue weighted by Crippen LogP contribution is 2.50. The van der Waals surface area contributed by atoms with E-state index in [1.807, 2.05) is 0 Å². The second-order valence-corrected chi connectivity index (χ2v) is 7.52. The maximum absolute atomic E-state index is 5.78. The van der Waals surface area contributed by atoms with Crippen molar-refractivity contribution in [1.82, 2.24) is 4.98 Å². The smallest absolute Gasteiger partial charge is 0.129 e. The molecular formula is C18H28N4O2. The third-order valence-corrected chi connectivity index (χ3v) is 5.67. The number of pyridine rings is 1. The molecule has 1 spiro atoms. The summed E-state index contributed by atoms with van der Waals surface area (Å²) in [5.74, 6) is 1.06. The molecule has 2 aliphatic heterocycles. The van der Waals surface area contributed by atoms with Crippen LogP contribution in [0.2, 0.25) is 0 Å². The lowest BCUT2D eigenvalue weighted by Crippen LogP contribution is -2.46. The monoisotopic (exact) mass is 332 g/mol. The van der Waals surface area contributed by atoms with Gasteiger partial charge in [-0.3, -0.25) is 0 Å². The van der Waals surface area contributed by atoms with Gasteiger partial charge in [-0.25, -0.2) is 4.98 Å². The van der Waals surface area contributed by atoms with Crippen molar-refractivity contribution in [2.75, 3.05) is 49.7 Å². The average molecular weight is 332 g/mol. The number of hydrogen-bond acceptors (Lipinski definition) is 6. The quantitative estimate of drug-likeness (QED) is 0.871. The number of nitrogens with two attached hydrogens (primary N) is 1. The Morgan fingerprint density at radius 3 is 2.75 bits per heavy atom. The van der Waals surface area contributed by atoms with Crippen LogP contribution >= 0.6 is 0 Å². The minimum atomic E-state index is 0.266. The number of aromatic nitrogens is 1. The molecule has 3 N–H and O–H groups in total. The van der Waals surface area contributed by atoms with E-state index >= 15 is 0 Å². The number of rotatable bonds is 4. The van der Waals surface area contributed by atoms with Gasteiger partial charge >= 0.3 is 0 Å². The van der Waals surface area contributed by atoms with Crippen LogP contribution in [-0.2, 0) is 9.47 Å². The van der Waals surface area contributed by atoms with E-state index in [0.717, 1.165) is 56.5 Å². The van der Waals surface area contributed by atoms with Gasteiger partial charge < -0.3 is 25.4 Å². The van der Waals surface area contributed by atoms with Crippen molar-refractivity contribution >= 4 is 11.5 Å². The number of aryl methyl sites for hydroxylation is 1. The van der Waals surface area contributed by atoms with Gasteiger partial charge in [-0.1, -0.05) is 0 Å². The van der Waals surface area contributed by atoms with E-state index in [1.165, 1.54) is 12.8 Å². The zero-order valence-corrected chi connectivity index (χ0v) is 14.5. The van der Waals surface area contributed by atoms with Crippen molar-refractivity contribution in [1.29, 1.82) is 0 Å². The first-order valence-corrected chi connectivity index (χ1v) is 9.06. The van der Waals surface area contributed by atoms with Crippen LogP contribution in [0.25, 0.3) is 0 Å². The van der Waals surface area contributed by atoms with Crippen molar-refractivity contribution in [2.45, 2.75) is 38.3 Å². The highest BCUT2D eigenvalue weighted by atomic mass is 16.5. The fourth-order valence-electron chi connectivity index (χ4n) is 4.31. The lowest BCUT2D eigenvalue weighted by atomic mass is 9.64. The number of hydrogen-bond donors (Lipinski definition) is 2. The molecule has 2 saturated heterocycles. The fraction of sp³-hybridized carbons (Fsp3) is 0.722. The summed E-state index contributed by atoms with van der Waals surface area (Å²) >= 11 is 0. The van der Waals surface area contributed by atoms with E-state index in [4.69, 9.17) is 20.2 Å². The first-order valence-electron chi connectivity index (χ1n) is 9.06. The van der Waals surface area contributed by atoms with Crippen LogP contribution in [0.3, 0.4) is 0 Å². The summed E-state index contributed by atoms with van der Waals surface area (Å²) in [5, 5.41) is 3.67. The van der Waals surface area contributed by atoms with E-state index in [9.17, 15) is 0 Å². The molecule has 1 aliphatic carbocycles. The van der Waals surface area contributed by atoms with Crippen LogP contribution < -0.4 is 16.0 Å². The average Bonchev–Trinajstić information content (AvgIpc) is 3.01. The highest BCUT2D eigenvalue weighted by molar-refractivity contribution is 5.54. The molecule has 1 unspecified atom stereocenters. The van der Waals surface area contributed by atoms with Crippen molar-refractivity contribution in [3.05, 3.63) is 17.8 Å². The molecule has 0 bridgehead atoms. The molecule has 1 aromatic heterocycles. The summed E-state index contributed by atoms with van der Waals surface area (Å²) in [7, 11) is 0. The van der Waals surface area contributed by atoms with Crippen LogP contribution in [0.5, 0.6) is 0 Å². The van der Waals surface area contributed by atoms with Crippen LogP contribution in [0.4, 0.5) is 11.5 Å². The van der Waals surface area contributed by atoms with E-state index in [2.05, 4.69) is 29.3 Å².